The average molecular weight is 473 g/mol. The molecular formula is C22H17ClN2O4S2. The lowest BCUT2D eigenvalue weighted by Gasteiger charge is -2.28. The Morgan fingerprint density at radius 3 is 2.45 bits per heavy atom. The quantitative estimate of drug-likeness (QED) is 0.604. The van der Waals surface area contributed by atoms with Gasteiger partial charge in [0.1, 0.15) is 10.1 Å². The molecule has 3 aromatic carbocycles. The van der Waals surface area contributed by atoms with Crippen LogP contribution in [0.1, 0.15) is 22.1 Å². The summed E-state index contributed by atoms with van der Waals surface area (Å²) in [5.74, 6) is 1.35. The lowest BCUT2D eigenvalue weighted by atomic mass is 9.91. The van der Waals surface area contributed by atoms with Crippen LogP contribution < -0.4 is 14.6 Å². The average Bonchev–Trinajstić information content (AvgIpc) is 3.41. The zero-order chi connectivity index (χ0) is 21.6. The van der Waals surface area contributed by atoms with Gasteiger partial charge in [-0.25, -0.2) is 13.6 Å². The van der Waals surface area contributed by atoms with Crippen LogP contribution in [-0.2, 0) is 14.8 Å². The highest BCUT2D eigenvalue weighted by molar-refractivity contribution is 8.01. The molecule has 0 amide bonds. The molecule has 2 aliphatic rings. The maximum Gasteiger partial charge on any atom is 0.238 e. The van der Waals surface area contributed by atoms with Gasteiger partial charge >= 0.3 is 0 Å². The standard InChI is InChI=1S/C22H17ClN2O4S2/c23-18-4-2-1-3-17(18)21-25-12-22(30-21,14-5-8-16(9-6-14)31(24,26)27)15-7-10-19-20(11-15)29-13-28-19/h1-12,21H,13H2,(H2,24,26,27). The number of thioether (sulfide) groups is 1. The van der Waals surface area contributed by atoms with Crippen LogP contribution >= 0.6 is 23.4 Å². The molecule has 0 spiro atoms. The van der Waals surface area contributed by atoms with Gasteiger partial charge in [-0.2, -0.15) is 0 Å². The summed E-state index contributed by atoms with van der Waals surface area (Å²) in [6, 6.07) is 19.9. The van der Waals surface area contributed by atoms with E-state index in [1.807, 2.05) is 48.7 Å². The largest absolute Gasteiger partial charge is 0.454 e. The number of hydrogen-bond donors (Lipinski definition) is 1. The van der Waals surface area contributed by atoms with E-state index in [4.69, 9.17) is 31.2 Å². The van der Waals surface area contributed by atoms with Gasteiger partial charge in [0.15, 0.2) is 11.5 Å². The SMILES string of the molecule is NS(=O)(=O)c1ccc(C2(c3ccc4c(c3)OCO4)C=NC(c3ccccc3Cl)S2)cc1. The van der Waals surface area contributed by atoms with Crippen molar-refractivity contribution in [1.82, 2.24) is 0 Å². The molecular weight excluding hydrogens is 456 g/mol. The molecule has 0 saturated heterocycles. The minimum atomic E-state index is -3.79. The van der Waals surface area contributed by atoms with Gasteiger partial charge in [-0.05, 0) is 41.5 Å². The second-order valence-electron chi connectivity index (χ2n) is 7.14. The smallest absolute Gasteiger partial charge is 0.238 e. The van der Waals surface area contributed by atoms with Crippen molar-refractivity contribution in [2.75, 3.05) is 6.79 Å². The van der Waals surface area contributed by atoms with Crippen molar-refractivity contribution in [1.29, 1.82) is 0 Å². The Hall–Kier alpha value is -2.52. The van der Waals surface area contributed by atoms with Crippen molar-refractivity contribution in [3.05, 3.63) is 88.4 Å². The lowest BCUT2D eigenvalue weighted by molar-refractivity contribution is 0.174. The number of hydrogen-bond acceptors (Lipinski definition) is 6. The highest BCUT2D eigenvalue weighted by Crippen LogP contribution is 2.55. The summed E-state index contributed by atoms with van der Waals surface area (Å²) in [4.78, 5) is 4.83. The Labute approximate surface area is 189 Å². The van der Waals surface area contributed by atoms with Crippen molar-refractivity contribution in [2.45, 2.75) is 15.0 Å². The van der Waals surface area contributed by atoms with Crippen LogP contribution in [0.4, 0.5) is 0 Å². The third kappa shape index (κ3) is 3.59. The van der Waals surface area contributed by atoms with Gasteiger partial charge in [0.2, 0.25) is 16.8 Å². The molecule has 0 aromatic heterocycles. The number of fused-ring (bicyclic) bond motifs is 1. The molecule has 9 heteroatoms. The Kier molecular flexibility index (Phi) is 4.97. The monoisotopic (exact) mass is 472 g/mol. The molecule has 3 aromatic rings. The summed E-state index contributed by atoms with van der Waals surface area (Å²) in [6.45, 7) is 0.179. The second-order valence-corrected chi connectivity index (χ2v) is 10.4. The van der Waals surface area contributed by atoms with Gasteiger partial charge < -0.3 is 9.47 Å². The predicted molar refractivity (Wildman–Crippen MR) is 121 cm³/mol. The van der Waals surface area contributed by atoms with Gasteiger partial charge in [0, 0.05) is 16.8 Å². The van der Waals surface area contributed by atoms with Crippen LogP contribution in [0.3, 0.4) is 0 Å². The molecule has 158 valence electrons. The predicted octanol–water partition coefficient (Wildman–Crippen LogP) is 4.48. The molecule has 2 aliphatic heterocycles. The van der Waals surface area contributed by atoms with Gasteiger partial charge in [0.25, 0.3) is 0 Å². The Balaban J connectivity index is 1.62. The first kappa shape index (κ1) is 20.4. The van der Waals surface area contributed by atoms with Crippen molar-refractivity contribution < 1.29 is 17.9 Å². The van der Waals surface area contributed by atoms with Crippen molar-refractivity contribution in [3.63, 3.8) is 0 Å². The number of aliphatic imine (C=N–C) groups is 1. The summed E-state index contributed by atoms with van der Waals surface area (Å²) >= 11 is 8.04. The molecule has 2 heterocycles. The number of nitrogens with zero attached hydrogens (tertiary/aromatic N) is 1. The molecule has 6 nitrogen and oxygen atoms in total. The van der Waals surface area contributed by atoms with E-state index in [0.717, 1.165) is 16.7 Å². The molecule has 2 N–H and O–H groups in total. The molecule has 2 atom stereocenters. The van der Waals surface area contributed by atoms with Crippen LogP contribution in [0, 0.1) is 0 Å². The molecule has 5 rings (SSSR count). The molecule has 0 fully saturated rings. The molecule has 0 aliphatic carbocycles. The zero-order valence-corrected chi connectivity index (χ0v) is 18.5. The highest BCUT2D eigenvalue weighted by atomic mass is 35.5. The molecule has 2 unspecified atom stereocenters. The Morgan fingerprint density at radius 1 is 1.00 bits per heavy atom. The van der Waals surface area contributed by atoms with E-state index >= 15 is 0 Å². The van der Waals surface area contributed by atoms with E-state index < -0.39 is 14.8 Å². The van der Waals surface area contributed by atoms with E-state index in [1.54, 1.807) is 23.9 Å². The highest BCUT2D eigenvalue weighted by Gasteiger charge is 2.42. The van der Waals surface area contributed by atoms with E-state index in [-0.39, 0.29) is 17.1 Å². The fourth-order valence-electron chi connectivity index (χ4n) is 3.70. The fourth-order valence-corrected chi connectivity index (χ4v) is 5.98. The van der Waals surface area contributed by atoms with E-state index in [9.17, 15) is 8.42 Å². The second kappa shape index (κ2) is 7.56. The number of rotatable bonds is 4. The summed E-state index contributed by atoms with van der Waals surface area (Å²) in [7, 11) is -3.79. The first-order valence-corrected chi connectivity index (χ1v) is 12.2. The number of benzene rings is 3. The zero-order valence-electron chi connectivity index (χ0n) is 16.1. The summed E-state index contributed by atoms with van der Waals surface area (Å²) < 4.78 is 33.8. The number of ether oxygens (including phenoxy) is 2. The Bertz CT molecular complexity index is 1300. The minimum Gasteiger partial charge on any atom is -0.454 e. The number of halogens is 1. The summed E-state index contributed by atoms with van der Waals surface area (Å²) in [5, 5.41) is 5.69. The van der Waals surface area contributed by atoms with Crippen LogP contribution in [0.5, 0.6) is 11.5 Å². The van der Waals surface area contributed by atoms with E-state index in [1.165, 1.54) is 12.1 Å². The van der Waals surface area contributed by atoms with Gasteiger partial charge in [0.05, 0.1) is 4.90 Å². The van der Waals surface area contributed by atoms with Crippen molar-refractivity contribution in [3.8, 4) is 11.5 Å². The molecule has 31 heavy (non-hydrogen) atoms. The normalized spacial score (nSPS) is 22.1. The third-order valence-electron chi connectivity index (χ3n) is 5.27. The first-order valence-electron chi connectivity index (χ1n) is 9.37. The number of primary sulfonamides is 1. The topological polar surface area (TPSA) is 91.0 Å². The molecule has 0 radical (unpaired) electrons. The Morgan fingerprint density at radius 2 is 1.71 bits per heavy atom. The van der Waals surface area contributed by atoms with E-state index in [0.29, 0.717) is 16.5 Å². The van der Waals surface area contributed by atoms with E-state index in [2.05, 4.69) is 0 Å². The van der Waals surface area contributed by atoms with Gasteiger partial charge in [-0.15, -0.1) is 11.8 Å². The number of sulfonamides is 1. The van der Waals surface area contributed by atoms with Crippen LogP contribution in [0.25, 0.3) is 0 Å². The van der Waals surface area contributed by atoms with Crippen LogP contribution in [-0.4, -0.2) is 21.4 Å². The number of nitrogens with two attached hydrogens (primary N) is 1. The fraction of sp³-hybridized carbons (Fsp3) is 0.136. The lowest BCUT2D eigenvalue weighted by Crippen LogP contribution is -2.23. The summed E-state index contributed by atoms with van der Waals surface area (Å²) in [5.41, 5.74) is 2.71. The third-order valence-corrected chi connectivity index (χ3v) is 8.09. The minimum absolute atomic E-state index is 0.0553. The van der Waals surface area contributed by atoms with Gasteiger partial charge in [-0.1, -0.05) is 48.0 Å². The van der Waals surface area contributed by atoms with Gasteiger partial charge in [-0.3, -0.25) is 4.99 Å². The summed E-state index contributed by atoms with van der Waals surface area (Å²) in [6.07, 6.45) is 1.88. The maximum atomic E-state index is 11.7. The molecule has 0 bridgehead atoms. The van der Waals surface area contributed by atoms with Crippen LogP contribution in [0.15, 0.2) is 76.6 Å². The van der Waals surface area contributed by atoms with Crippen molar-refractivity contribution in [2.24, 2.45) is 10.1 Å². The van der Waals surface area contributed by atoms with Crippen LogP contribution in [0.2, 0.25) is 5.02 Å². The maximum absolute atomic E-state index is 11.7. The van der Waals surface area contributed by atoms with Crippen molar-refractivity contribution >= 4 is 39.6 Å². The molecule has 0 saturated carbocycles. The first-order chi connectivity index (χ1) is 14.9.